The fourth-order valence-corrected chi connectivity index (χ4v) is 4.13. The summed E-state index contributed by atoms with van der Waals surface area (Å²) in [5.41, 5.74) is 2.43. The molecule has 1 saturated heterocycles. The van der Waals surface area contributed by atoms with Crippen molar-refractivity contribution < 1.29 is 9.59 Å². The third kappa shape index (κ3) is 4.02. The van der Waals surface area contributed by atoms with Gasteiger partial charge in [-0.15, -0.1) is 0 Å². The average Bonchev–Trinajstić information content (AvgIpc) is 3.31. The molecule has 4 rings (SSSR count). The van der Waals surface area contributed by atoms with Crippen molar-refractivity contribution in [2.75, 3.05) is 23.3 Å². The van der Waals surface area contributed by atoms with Gasteiger partial charge in [0.2, 0.25) is 5.91 Å². The largest absolute Gasteiger partial charge is 0.371 e. The molecular weight excluding hydrogens is 326 g/mol. The van der Waals surface area contributed by atoms with E-state index in [2.05, 4.69) is 15.5 Å². The summed E-state index contributed by atoms with van der Waals surface area (Å²) < 4.78 is 0. The van der Waals surface area contributed by atoms with Crippen LogP contribution in [0.2, 0.25) is 0 Å². The lowest BCUT2D eigenvalue weighted by atomic mass is 9.88. The van der Waals surface area contributed by atoms with E-state index in [1.807, 2.05) is 18.2 Å². The SMILES string of the molecule is O=C(NC1CC1)c1cc(NC(=O)C2CCCCC2)ccc1N1CCCC1. The van der Waals surface area contributed by atoms with Gasteiger partial charge in [-0.1, -0.05) is 19.3 Å². The predicted octanol–water partition coefficient (Wildman–Crippen LogP) is 3.70. The maximum atomic E-state index is 12.8. The fraction of sp³-hybridized carbons (Fsp3) is 0.619. The summed E-state index contributed by atoms with van der Waals surface area (Å²) in [4.78, 5) is 27.6. The highest BCUT2D eigenvalue weighted by Gasteiger charge is 2.27. The van der Waals surface area contributed by atoms with E-state index in [0.717, 1.165) is 63.0 Å². The molecule has 0 unspecified atom stereocenters. The van der Waals surface area contributed by atoms with Crippen LogP contribution < -0.4 is 15.5 Å². The van der Waals surface area contributed by atoms with Gasteiger partial charge in [0, 0.05) is 36.4 Å². The van der Waals surface area contributed by atoms with Crippen LogP contribution in [0.25, 0.3) is 0 Å². The van der Waals surface area contributed by atoms with Gasteiger partial charge in [-0.2, -0.15) is 0 Å². The minimum atomic E-state index is -0.0110. The molecule has 140 valence electrons. The molecule has 5 nitrogen and oxygen atoms in total. The van der Waals surface area contributed by atoms with Gasteiger partial charge in [-0.3, -0.25) is 9.59 Å². The average molecular weight is 355 g/mol. The number of amides is 2. The molecule has 3 aliphatic rings. The smallest absolute Gasteiger partial charge is 0.253 e. The van der Waals surface area contributed by atoms with E-state index in [1.165, 1.54) is 19.3 Å². The molecule has 2 amide bonds. The van der Waals surface area contributed by atoms with E-state index >= 15 is 0 Å². The molecule has 2 aliphatic carbocycles. The van der Waals surface area contributed by atoms with Crippen LogP contribution in [0.5, 0.6) is 0 Å². The highest BCUT2D eigenvalue weighted by molar-refractivity contribution is 6.02. The van der Waals surface area contributed by atoms with Crippen molar-refractivity contribution in [1.29, 1.82) is 0 Å². The molecule has 1 aromatic carbocycles. The predicted molar refractivity (Wildman–Crippen MR) is 104 cm³/mol. The van der Waals surface area contributed by atoms with Crippen LogP contribution in [0.3, 0.4) is 0 Å². The highest BCUT2D eigenvalue weighted by Crippen LogP contribution is 2.30. The van der Waals surface area contributed by atoms with Gasteiger partial charge in [0.1, 0.15) is 0 Å². The van der Waals surface area contributed by atoms with E-state index in [0.29, 0.717) is 11.6 Å². The second kappa shape index (κ2) is 7.68. The van der Waals surface area contributed by atoms with Crippen LogP contribution in [-0.4, -0.2) is 30.9 Å². The van der Waals surface area contributed by atoms with Gasteiger partial charge in [0.15, 0.2) is 0 Å². The third-order valence-corrected chi connectivity index (χ3v) is 5.84. The van der Waals surface area contributed by atoms with Crippen LogP contribution in [0.4, 0.5) is 11.4 Å². The molecule has 1 aliphatic heterocycles. The molecule has 0 spiro atoms. The number of anilines is 2. The summed E-state index contributed by atoms with van der Waals surface area (Å²) in [6.45, 7) is 2.00. The van der Waals surface area contributed by atoms with Gasteiger partial charge in [-0.05, 0) is 56.7 Å². The molecule has 0 bridgehead atoms. The molecule has 2 saturated carbocycles. The molecule has 1 heterocycles. The lowest BCUT2D eigenvalue weighted by Crippen LogP contribution is -2.29. The van der Waals surface area contributed by atoms with Crippen molar-refractivity contribution in [2.24, 2.45) is 5.92 Å². The Balaban J connectivity index is 1.53. The number of carbonyl (C=O) groups is 2. The summed E-state index contributed by atoms with van der Waals surface area (Å²) in [7, 11) is 0. The Hall–Kier alpha value is -2.04. The van der Waals surface area contributed by atoms with Crippen molar-refractivity contribution in [2.45, 2.75) is 63.8 Å². The molecule has 26 heavy (non-hydrogen) atoms. The zero-order valence-corrected chi connectivity index (χ0v) is 15.4. The summed E-state index contributed by atoms with van der Waals surface area (Å²) in [6.07, 6.45) is 9.96. The van der Waals surface area contributed by atoms with Gasteiger partial charge in [-0.25, -0.2) is 0 Å². The lowest BCUT2D eigenvalue weighted by Gasteiger charge is -2.23. The third-order valence-electron chi connectivity index (χ3n) is 5.84. The van der Waals surface area contributed by atoms with E-state index in [9.17, 15) is 9.59 Å². The molecule has 5 heteroatoms. The minimum absolute atomic E-state index is 0.0110. The Morgan fingerprint density at radius 2 is 1.65 bits per heavy atom. The number of benzene rings is 1. The molecule has 1 aromatic rings. The Kier molecular flexibility index (Phi) is 5.14. The standard InChI is InChI=1S/C21H29N3O2/c25-20(15-6-2-1-3-7-15)23-17-10-11-19(24-12-4-5-13-24)18(14-17)21(26)22-16-8-9-16/h10-11,14-16H,1-9,12-13H2,(H,22,26)(H,23,25). The number of rotatable bonds is 5. The van der Waals surface area contributed by atoms with Crippen molar-refractivity contribution in [3.8, 4) is 0 Å². The maximum Gasteiger partial charge on any atom is 0.253 e. The number of hydrogen-bond acceptors (Lipinski definition) is 3. The van der Waals surface area contributed by atoms with E-state index < -0.39 is 0 Å². The summed E-state index contributed by atoms with van der Waals surface area (Å²) in [6, 6.07) is 6.15. The normalized spacial score (nSPS) is 20.8. The van der Waals surface area contributed by atoms with Crippen molar-refractivity contribution >= 4 is 23.2 Å². The molecule has 0 aromatic heterocycles. The van der Waals surface area contributed by atoms with Crippen molar-refractivity contribution in [3.63, 3.8) is 0 Å². The first-order valence-corrected chi connectivity index (χ1v) is 10.2. The number of nitrogens with one attached hydrogen (secondary N) is 2. The quantitative estimate of drug-likeness (QED) is 0.847. The van der Waals surface area contributed by atoms with Gasteiger partial charge < -0.3 is 15.5 Å². The second-order valence-electron chi connectivity index (χ2n) is 8.00. The first kappa shape index (κ1) is 17.4. The Morgan fingerprint density at radius 1 is 0.923 bits per heavy atom. The van der Waals surface area contributed by atoms with Gasteiger partial charge in [0.25, 0.3) is 5.91 Å². The maximum absolute atomic E-state index is 12.8. The Morgan fingerprint density at radius 3 is 2.35 bits per heavy atom. The van der Waals surface area contributed by atoms with Crippen LogP contribution in [0, 0.1) is 5.92 Å². The van der Waals surface area contributed by atoms with Crippen LogP contribution >= 0.6 is 0 Å². The monoisotopic (exact) mass is 355 g/mol. The summed E-state index contributed by atoms with van der Waals surface area (Å²) >= 11 is 0. The van der Waals surface area contributed by atoms with Crippen LogP contribution in [0.1, 0.15) is 68.1 Å². The van der Waals surface area contributed by atoms with E-state index in [-0.39, 0.29) is 17.7 Å². The zero-order chi connectivity index (χ0) is 17.9. The fourth-order valence-electron chi connectivity index (χ4n) is 4.13. The topological polar surface area (TPSA) is 61.4 Å². The molecule has 2 N–H and O–H groups in total. The second-order valence-corrected chi connectivity index (χ2v) is 8.00. The first-order valence-electron chi connectivity index (χ1n) is 10.2. The van der Waals surface area contributed by atoms with Crippen molar-refractivity contribution in [1.82, 2.24) is 5.32 Å². The van der Waals surface area contributed by atoms with Crippen LogP contribution in [-0.2, 0) is 4.79 Å². The van der Waals surface area contributed by atoms with Crippen LogP contribution in [0.15, 0.2) is 18.2 Å². The molecular formula is C21H29N3O2. The van der Waals surface area contributed by atoms with Gasteiger partial charge >= 0.3 is 0 Å². The zero-order valence-electron chi connectivity index (χ0n) is 15.4. The molecule has 0 atom stereocenters. The highest BCUT2D eigenvalue weighted by atomic mass is 16.2. The number of nitrogens with zero attached hydrogens (tertiary/aromatic N) is 1. The number of carbonyl (C=O) groups excluding carboxylic acids is 2. The molecule has 0 radical (unpaired) electrons. The summed E-state index contributed by atoms with van der Waals surface area (Å²) in [5.74, 6) is 0.209. The van der Waals surface area contributed by atoms with Crippen molar-refractivity contribution in [3.05, 3.63) is 23.8 Å². The van der Waals surface area contributed by atoms with E-state index in [4.69, 9.17) is 0 Å². The van der Waals surface area contributed by atoms with E-state index in [1.54, 1.807) is 0 Å². The number of hydrogen-bond donors (Lipinski definition) is 2. The summed E-state index contributed by atoms with van der Waals surface area (Å²) in [5, 5.41) is 6.16. The minimum Gasteiger partial charge on any atom is -0.371 e. The van der Waals surface area contributed by atoms with Gasteiger partial charge in [0.05, 0.1) is 5.56 Å². The lowest BCUT2D eigenvalue weighted by molar-refractivity contribution is -0.120. The molecule has 3 fully saturated rings. The Labute approximate surface area is 155 Å². The first-order chi connectivity index (χ1) is 12.7. The Bertz CT molecular complexity index is 672.